The molecule has 1 aromatic heterocycles. The highest BCUT2D eigenvalue weighted by Crippen LogP contribution is 2.30. The minimum atomic E-state index is -0.455. The van der Waals surface area contributed by atoms with Crippen molar-refractivity contribution in [1.82, 2.24) is 10.3 Å². The summed E-state index contributed by atoms with van der Waals surface area (Å²) in [7, 11) is 0. The Labute approximate surface area is 138 Å². The van der Waals surface area contributed by atoms with Crippen molar-refractivity contribution < 1.29 is 19.4 Å². The van der Waals surface area contributed by atoms with E-state index in [4.69, 9.17) is 4.74 Å². The molecule has 2 aliphatic rings. The molecule has 8 heteroatoms. The molecule has 2 fully saturated rings. The smallest absolute Gasteiger partial charge is 0.228 e. The molecule has 2 amide bonds. The largest absolute Gasteiger partial charge is 0.394 e. The number of carbonyl (C=O) groups is 2. The number of thiazole rings is 1. The van der Waals surface area contributed by atoms with Gasteiger partial charge in [0.2, 0.25) is 11.8 Å². The highest BCUT2D eigenvalue weighted by molar-refractivity contribution is 7.13. The fourth-order valence-corrected chi connectivity index (χ4v) is 3.30. The molecule has 23 heavy (non-hydrogen) atoms. The summed E-state index contributed by atoms with van der Waals surface area (Å²) in [5, 5.41) is 17.5. The molecule has 0 aromatic carbocycles. The van der Waals surface area contributed by atoms with Crippen molar-refractivity contribution in [3.05, 3.63) is 11.6 Å². The number of ether oxygens (including phenoxy) is 1. The zero-order valence-electron chi connectivity index (χ0n) is 12.7. The molecular formula is C15H21N3O4S. The summed E-state index contributed by atoms with van der Waals surface area (Å²) >= 11 is 1.36. The second-order valence-corrected chi connectivity index (χ2v) is 6.93. The van der Waals surface area contributed by atoms with E-state index in [0.717, 1.165) is 12.8 Å². The van der Waals surface area contributed by atoms with Gasteiger partial charge in [0.25, 0.3) is 0 Å². The molecule has 3 rings (SSSR count). The fraction of sp³-hybridized carbons (Fsp3) is 0.667. The van der Waals surface area contributed by atoms with Crippen LogP contribution in [0.15, 0.2) is 11.6 Å². The number of anilines is 1. The molecule has 3 atom stereocenters. The lowest BCUT2D eigenvalue weighted by Crippen LogP contribution is -2.51. The van der Waals surface area contributed by atoms with Gasteiger partial charge in [-0.05, 0) is 25.7 Å². The number of amides is 2. The molecule has 1 aliphatic heterocycles. The van der Waals surface area contributed by atoms with Crippen LogP contribution in [-0.2, 0) is 14.3 Å². The average molecular weight is 339 g/mol. The number of rotatable bonds is 6. The molecule has 1 aromatic rings. The number of hydrogen-bond donors (Lipinski definition) is 3. The Kier molecular flexibility index (Phi) is 5.24. The summed E-state index contributed by atoms with van der Waals surface area (Å²) < 4.78 is 5.80. The summed E-state index contributed by atoms with van der Waals surface area (Å²) in [4.78, 5) is 27.8. The molecule has 0 spiro atoms. The highest BCUT2D eigenvalue weighted by atomic mass is 32.1. The average Bonchev–Trinajstić information content (AvgIpc) is 3.27. The highest BCUT2D eigenvalue weighted by Gasteiger charge is 2.36. The van der Waals surface area contributed by atoms with Crippen molar-refractivity contribution in [1.29, 1.82) is 0 Å². The van der Waals surface area contributed by atoms with E-state index >= 15 is 0 Å². The maximum Gasteiger partial charge on any atom is 0.228 e. The molecule has 1 saturated carbocycles. The molecule has 2 heterocycles. The number of carbonyl (C=O) groups excluding carboxylic acids is 2. The van der Waals surface area contributed by atoms with Gasteiger partial charge in [0.15, 0.2) is 5.13 Å². The van der Waals surface area contributed by atoms with E-state index in [1.807, 2.05) is 0 Å². The van der Waals surface area contributed by atoms with E-state index < -0.39 is 6.10 Å². The van der Waals surface area contributed by atoms with Gasteiger partial charge < -0.3 is 20.5 Å². The summed E-state index contributed by atoms with van der Waals surface area (Å²) in [6.07, 6.45) is 4.43. The van der Waals surface area contributed by atoms with Crippen LogP contribution in [0, 0.1) is 5.92 Å². The fourth-order valence-electron chi connectivity index (χ4n) is 2.76. The van der Waals surface area contributed by atoms with Crippen LogP contribution in [0.25, 0.3) is 0 Å². The van der Waals surface area contributed by atoms with Crippen molar-refractivity contribution in [3.8, 4) is 0 Å². The van der Waals surface area contributed by atoms with Gasteiger partial charge in [-0.15, -0.1) is 11.3 Å². The number of hydrogen-bond acceptors (Lipinski definition) is 6. The van der Waals surface area contributed by atoms with Crippen LogP contribution in [0.2, 0.25) is 0 Å². The van der Waals surface area contributed by atoms with Crippen molar-refractivity contribution in [3.63, 3.8) is 0 Å². The number of aliphatic hydroxyl groups excluding tert-OH is 1. The SMILES string of the molecule is O=C(C[C@@H]1CC[C@@H](NC(=O)C2CC2)[C@@H](CO)O1)Nc1nccs1. The third kappa shape index (κ3) is 4.49. The summed E-state index contributed by atoms with van der Waals surface area (Å²) in [5.41, 5.74) is 0. The number of nitrogens with zero attached hydrogens (tertiary/aromatic N) is 1. The number of aromatic nitrogens is 1. The molecule has 0 bridgehead atoms. The van der Waals surface area contributed by atoms with E-state index in [0.29, 0.717) is 18.0 Å². The first-order valence-electron chi connectivity index (χ1n) is 7.91. The van der Waals surface area contributed by atoms with Gasteiger partial charge in [-0.3, -0.25) is 9.59 Å². The lowest BCUT2D eigenvalue weighted by molar-refractivity contribution is -0.134. The van der Waals surface area contributed by atoms with Gasteiger partial charge >= 0.3 is 0 Å². The van der Waals surface area contributed by atoms with Gasteiger partial charge in [0.05, 0.1) is 25.2 Å². The maximum absolute atomic E-state index is 12.0. The monoisotopic (exact) mass is 339 g/mol. The first-order chi connectivity index (χ1) is 11.2. The summed E-state index contributed by atoms with van der Waals surface area (Å²) in [6, 6.07) is -0.175. The van der Waals surface area contributed by atoms with Crippen LogP contribution >= 0.6 is 11.3 Å². The Morgan fingerprint density at radius 2 is 2.17 bits per heavy atom. The van der Waals surface area contributed by atoms with Crippen molar-refractivity contribution in [2.45, 2.75) is 50.4 Å². The minimum absolute atomic E-state index is 0.0528. The van der Waals surface area contributed by atoms with Crippen LogP contribution in [0.5, 0.6) is 0 Å². The first-order valence-corrected chi connectivity index (χ1v) is 8.79. The van der Waals surface area contributed by atoms with E-state index in [1.54, 1.807) is 11.6 Å². The Hall–Kier alpha value is -1.51. The van der Waals surface area contributed by atoms with Crippen molar-refractivity contribution in [2.75, 3.05) is 11.9 Å². The Balaban J connectivity index is 1.47. The van der Waals surface area contributed by atoms with Gasteiger partial charge in [-0.2, -0.15) is 0 Å². The normalized spacial score (nSPS) is 27.4. The predicted molar refractivity (Wildman–Crippen MR) is 85.0 cm³/mol. The zero-order chi connectivity index (χ0) is 16.2. The number of nitrogens with one attached hydrogen (secondary N) is 2. The quantitative estimate of drug-likeness (QED) is 0.715. The van der Waals surface area contributed by atoms with Crippen LogP contribution in [-0.4, -0.2) is 46.8 Å². The zero-order valence-corrected chi connectivity index (χ0v) is 13.6. The third-order valence-electron chi connectivity index (χ3n) is 4.16. The molecule has 1 saturated heterocycles. The second kappa shape index (κ2) is 7.37. The minimum Gasteiger partial charge on any atom is -0.394 e. The van der Waals surface area contributed by atoms with E-state index in [9.17, 15) is 14.7 Å². The molecule has 7 nitrogen and oxygen atoms in total. The molecule has 1 aliphatic carbocycles. The van der Waals surface area contributed by atoms with Crippen LogP contribution in [0.3, 0.4) is 0 Å². The van der Waals surface area contributed by atoms with Crippen LogP contribution in [0.4, 0.5) is 5.13 Å². The van der Waals surface area contributed by atoms with E-state index in [1.165, 1.54) is 11.3 Å². The molecule has 3 N–H and O–H groups in total. The predicted octanol–water partition coefficient (Wildman–Crippen LogP) is 0.906. The van der Waals surface area contributed by atoms with Gasteiger partial charge in [-0.25, -0.2) is 4.98 Å². The summed E-state index contributed by atoms with van der Waals surface area (Å²) in [6.45, 7) is -0.166. The molecular weight excluding hydrogens is 318 g/mol. The topological polar surface area (TPSA) is 101 Å². The van der Waals surface area contributed by atoms with E-state index in [-0.39, 0.29) is 42.9 Å². The Bertz CT molecular complexity index is 547. The Morgan fingerprint density at radius 3 is 2.83 bits per heavy atom. The van der Waals surface area contributed by atoms with Crippen molar-refractivity contribution in [2.24, 2.45) is 5.92 Å². The van der Waals surface area contributed by atoms with Gasteiger partial charge in [0, 0.05) is 17.5 Å². The molecule has 0 radical (unpaired) electrons. The van der Waals surface area contributed by atoms with Crippen LogP contribution in [0.1, 0.15) is 32.1 Å². The lowest BCUT2D eigenvalue weighted by Gasteiger charge is -2.36. The second-order valence-electron chi connectivity index (χ2n) is 6.04. The third-order valence-corrected chi connectivity index (χ3v) is 4.85. The van der Waals surface area contributed by atoms with Gasteiger partial charge in [-0.1, -0.05) is 0 Å². The van der Waals surface area contributed by atoms with Crippen LogP contribution < -0.4 is 10.6 Å². The number of aliphatic hydroxyl groups is 1. The lowest BCUT2D eigenvalue weighted by atomic mass is 9.96. The first kappa shape index (κ1) is 16.4. The summed E-state index contributed by atoms with van der Waals surface area (Å²) in [5.74, 6) is 0.0373. The molecule has 126 valence electrons. The Morgan fingerprint density at radius 1 is 1.35 bits per heavy atom. The van der Waals surface area contributed by atoms with Gasteiger partial charge in [0.1, 0.15) is 6.10 Å². The van der Waals surface area contributed by atoms with Crippen molar-refractivity contribution >= 4 is 28.3 Å². The van der Waals surface area contributed by atoms with E-state index in [2.05, 4.69) is 15.6 Å². The standard InChI is InChI=1S/C15H21N3O4S/c19-8-12-11(17-14(21)9-1-2-9)4-3-10(22-12)7-13(20)18-15-16-5-6-23-15/h5-6,9-12,19H,1-4,7-8H2,(H,17,21)(H,16,18,20)/t10-,11+,12+/m0/s1. The maximum atomic E-state index is 12.0. The molecule has 0 unspecified atom stereocenters.